The Balaban J connectivity index is 2.77. The Kier molecular flexibility index (Phi) is 8.43. The molecule has 0 radical (unpaired) electrons. The van der Waals surface area contributed by atoms with Crippen LogP contribution in [-0.4, -0.2) is 30.6 Å². The van der Waals surface area contributed by atoms with Crippen molar-refractivity contribution in [1.29, 1.82) is 0 Å². The number of cyclic esters (lactones) is 1. The number of carbonyl (C=O) groups is 1. The van der Waals surface area contributed by atoms with Crippen LogP contribution in [0.15, 0.2) is 12.0 Å². The van der Waals surface area contributed by atoms with Gasteiger partial charge in [0.15, 0.2) is 5.88 Å². The summed E-state index contributed by atoms with van der Waals surface area (Å²) >= 11 is 0. The zero-order valence-corrected chi connectivity index (χ0v) is 14.9. The third-order valence-corrected chi connectivity index (χ3v) is 4.21. The van der Waals surface area contributed by atoms with Crippen molar-refractivity contribution in [2.24, 2.45) is 5.92 Å². The summed E-state index contributed by atoms with van der Waals surface area (Å²) in [4.78, 5) is 13.8. The van der Waals surface area contributed by atoms with Gasteiger partial charge in [0.2, 0.25) is 0 Å². The van der Waals surface area contributed by atoms with Crippen molar-refractivity contribution in [3.63, 3.8) is 0 Å². The average molecular weight is 309 g/mol. The van der Waals surface area contributed by atoms with Crippen LogP contribution in [0.5, 0.6) is 0 Å². The number of carbonyl (C=O) groups excluding carboxylic acids is 1. The molecule has 126 valence electrons. The second-order valence-corrected chi connectivity index (χ2v) is 6.41. The molecule has 0 bridgehead atoms. The third kappa shape index (κ3) is 5.26. The number of nitrogens with zero attached hydrogens (tertiary/aromatic N) is 1. The Hall–Kier alpha value is -1.13. The smallest absolute Gasteiger partial charge is 0.417 e. The number of rotatable bonds is 10. The fourth-order valence-electron chi connectivity index (χ4n) is 2.74. The molecule has 0 unspecified atom stereocenters. The van der Waals surface area contributed by atoms with Crippen LogP contribution < -0.4 is 0 Å². The Morgan fingerprint density at radius 3 is 2.41 bits per heavy atom. The van der Waals surface area contributed by atoms with Gasteiger partial charge in [-0.05, 0) is 31.6 Å². The fraction of sp³-hybridized carbons (Fsp3) is 0.824. The summed E-state index contributed by atoms with van der Waals surface area (Å²) in [5.74, 6) is 1.01. The van der Waals surface area contributed by atoms with Crippen LogP contribution in [0.4, 0.5) is 4.79 Å². The molecule has 1 aliphatic rings. The maximum atomic E-state index is 12.1. The first-order chi connectivity index (χ1) is 10.5. The SMILES string of the molecule is C/C=C(\OB(CCCC)CCCC)N1C(=O)OC[C@@H]1C(C)C. The summed E-state index contributed by atoms with van der Waals surface area (Å²) in [6.45, 7) is 11.2. The van der Waals surface area contributed by atoms with Gasteiger partial charge >= 0.3 is 13.0 Å². The van der Waals surface area contributed by atoms with Gasteiger partial charge in [-0.25, -0.2) is 9.69 Å². The summed E-state index contributed by atoms with van der Waals surface area (Å²) in [7, 11) is 0. The first-order valence-corrected chi connectivity index (χ1v) is 8.84. The number of allylic oxidation sites excluding steroid dienone is 1. The van der Waals surface area contributed by atoms with Crippen molar-refractivity contribution in [3.8, 4) is 0 Å². The third-order valence-electron chi connectivity index (χ3n) is 4.21. The topological polar surface area (TPSA) is 38.8 Å². The monoisotopic (exact) mass is 309 g/mol. The maximum Gasteiger partial charge on any atom is 0.417 e. The standard InChI is InChI=1S/C17H32BNO3/c1-6-9-11-18(12-10-7-2)22-16(8-3)19-15(14(4)5)13-21-17(19)20/h8,14-15H,6-7,9-13H2,1-5H3/b16-8-/t15-/m1/s1. The molecule has 0 N–H and O–H groups in total. The highest BCUT2D eigenvalue weighted by molar-refractivity contribution is 6.52. The number of hydrogen-bond donors (Lipinski definition) is 0. The highest BCUT2D eigenvalue weighted by Crippen LogP contribution is 2.26. The summed E-state index contributed by atoms with van der Waals surface area (Å²) < 4.78 is 11.5. The van der Waals surface area contributed by atoms with Crippen molar-refractivity contribution >= 4 is 13.0 Å². The van der Waals surface area contributed by atoms with Crippen LogP contribution in [0.2, 0.25) is 12.6 Å². The molecule has 1 saturated heterocycles. The van der Waals surface area contributed by atoms with Crippen LogP contribution in [0.25, 0.3) is 0 Å². The number of hydrogen-bond acceptors (Lipinski definition) is 3. The Bertz CT molecular complexity index is 363. The van der Waals surface area contributed by atoms with E-state index in [0.29, 0.717) is 18.4 Å². The van der Waals surface area contributed by atoms with Crippen LogP contribution in [0.3, 0.4) is 0 Å². The lowest BCUT2D eigenvalue weighted by molar-refractivity contribution is 0.149. The van der Waals surface area contributed by atoms with Crippen LogP contribution in [0.1, 0.15) is 60.3 Å². The predicted octanol–water partition coefficient (Wildman–Crippen LogP) is 4.93. The van der Waals surface area contributed by atoms with E-state index in [1.54, 1.807) is 4.90 Å². The molecule has 1 aliphatic heterocycles. The lowest BCUT2D eigenvalue weighted by atomic mass is 9.59. The summed E-state index contributed by atoms with van der Waals surface area (Å²) in [6.07, 6.45) is 8.34. The molecular weight excluding hydrogens is 277 g/mol. The van der Waals surface area contributed by atoms with Crippen LogP contribution in [-0.2, 0) is 9.39 Å². The molecule has 1 amide bonds. The highest BCUT2D eigenvalue weighted by Gasteiger charge is 2.38. The van der Waals surface area contributed by atoms with Crippen molar-refractivity contribution in [1.82, 2.24) is 4.90 Å². The van der Waals surface area contributed by atoms with E-state index in [-0.39, 0.29) is 19.1 Å². The average Bonchev–Trinajstić information content (AvgIpc) is 2.88. The van der Waals surface area contributed by atoms with E-state index >= 15 is 0 Å². The molecule has 0 aromatic rings. The van der Waals surface area contributed by atoms with Gasteiger partial charge in [0.25, 0.3) is 0 Å². The maximum absolute atomic E-state index is 12.1. The quantitative estimate of drug-likeness (QED) is 0.424. The number of ether oxygens (including phenoxy) is 1. The number of amides is 1. The van der Waals surface area contributed by atoms with Gasteiger partial charge in [0, 0.05) is 0 Å². The molecule has 0 spiro atoms. The predicted molar refractivity (Wildman–Crippen MR) is 91.8 cm³/mol. The lowest BCUT2D eigenvalue weighted by Gasteiger charge is -2.29. The van der Waals surface area contributed by atoms with E-state index in [9.17, 15) is 4.79 Å². The van der Waals surface area contributed by atoms with Crippen molar-refractivity contribution in [2.75, 3.05) is 6.61 Å². The molecule has 1 heterocycles. The van der Waals surface area contributed by atoms with Gasteiger partial charge < -0.3 is 9.39 Å². The minimum Gasteiger partial charge on any atom is -0.549 e. The molecule has 0 aromatic carbocycles. The lowest BCUT2D eigenvalue weighted by Crippen LogP contribution is -2.39. The molecule has 1 fully saturated rings. The summed E-state index contributed by atoms with van der Waals surface area (Å²) in [5.41, 5.74) is 0. The highest BCUT2D eigenvalue weighted by atomic mass is 16.6. The van der Waals surface area contributed by atoms with Gasteiger partial charge in [0.05, 0.1) is 6.04 Å². The number of unbranched alkanes of at least 4 members (excludes halogenated alkanes) is 2. The van der Waals surface area contributed by atoms with Gasteiger partial charge in [-0.15, -0.1) is 0 Å². The normalized spacial score (nSPS) is 18.8. The van der Waals surface area contributed by atoms with Crippen molar-refractivity contribution in [2.45, 2.75) is 79.0 Å². The van der Waals surface area contributed by atoms with E-state index in [4.69, 9.17) is 9.39 Å². The molecule has 0 aliphatic carbocycles. The van der Waals surface area contributed by atoms with E-state index in [1.165, 1.54) is 0 Å². The first-order valence-electron chi connectivity index (χ1n) is 8.84. The van der Waals surface area contributed by atoms with Gasteiger partial charge in [0.1, 0.15) is 6.61 Å². The largest absolute Gasteiger partial charge is 0.549 e. The second kappa shape index (κ2) is 9.80. The molecule has 1 atom stereocenters. The molecule has 1 rings (SSSR count). The Morgan fingerprint density at radius 1 is 1.36 bits per heavy atom. The minimum atomic E-state index is -0.281. The molecule has 22 heavy (non-hydrogen) atoms. The summed E-state index contributed by atoms with van der Waals surface area (Å²) in [6, 6.07) is 0.0664. The van der Waals surface area contributed by atoms with E-state index in [0.717, 1.165) is 38.3 Å². The minimum absolute atomic E-state index is 0.0664. The molecule has 5 heteroatoms. The first kappa shape index (κ1) is 18.9. The molecular formula is C17H32BNO3. The van der Waals surface area contributed by atoms with Gasteiger partial charge in [-0.1, -0.05) is 53.4 Å². The molecule has 4 nitrogen and oxygen atoms in total. The fourth-order valence-corrected chi connectivity index (χ4v) is 2.74. The zero-order chi connectivity index (χ0) is 16.5. The van der Waals surface area contributed by atoms with Crippen molar-refractivity contribution in [3.05, 3.63) is 12.0 Å². The van der Waals surface area contributed by atoms with E-state index in [1.807, 2.05) is 13.0 Å². The van der Waals surface area contributed by atoms with Crippen LogP contribution in [0, 0.1) is 5.92 Å². The van der Waals surface area contributed by atoms with Gasteiger partial charge in [-0.3, -0.25) is 0 Å². The van der Waals surface area contributed by atoms with Crippen LogP contribution >= 0.6 is 0 Å². The Labute approximate surface area is 136 Å². The Morgan fingerprint density at radius 2 is 1.95 bits per heavy atom. The molecule has 0 saturated carbocycles. The van der Waals surface area contributed by atoms with E-state index in [2.05, 4.69) is 27.7 Å². The summed E-state index contributed by atoms with van der Waals surface area (Å²) in [5, 5.41) is 0. The van der Waals surface area contributed by atoms with Gasteiger partial charge in [-0.2, -0.15) is 0 Å². The molecule has 0 aromatic heterocycles. The second-order valence-electron chi connectivity index (χ2n) is 6.41. The van der Waals surface area contributed by atoms with Crippen molar-refractivity contribution < 1.29 is 14.2 Å². The van der Waals surface area contributed by atoms with E-state index < -0.39 is 0 Å². The zero-order valence-electron chi connectivity index (χ0n) is 14.9.